The predicted molar refractivity (Wildman–Crippen MR) is 79.4 cm³/mol. The van der Waals surface area contributed by atoms with E-state index in [4.69, 9.17) is 0 Å². The van der Waals surface area contributed by atoms with Gasteiger partial charge in [-0.1, -0.05) is 26.8 Å². The Kier molecular flexibility index (Phi) is 4.02. The van der Waals surface area contributed by atoms with E-state index in [-0.39, 0.29) is 22.8 Å². The molecule has 1 aromatic carbocycles. The summed E-state index contributed by atoms with van der Waals surface area (Å²) in [5.41, 5.74) is 0.904. The van der Waals surface area contributed by atoms with Gasteiger partial charge in [-0.2, -0.15) is 0 Å². The van der Waals surface area contributed by atoms with Crippen LogP contribution in [0.3, 0.4) is 0 Å². The first kappa shape index (κ1) is 14.8. The molecular formula is C16H23FN2O. The summed E-state index contributed by atoms with van der Waals surface area (Å²) in [7, 11) is 1.64. The number of hydrogen-bond donors (Lipinski definition) is 1. The van der Waals surface area contributed by atoms with Gasteiger partial charge in [0.15, 0.2) is 0 Å². The first-order valence-electron chi connectivity index (χ1n) is 7.10. The lowest BCUT2D eigenvalue weighted by atomic mass is 9.80. The molecule has 1 atom stereocenters. The van der Waals surface area contributed by atoms with E-state index in [1.807, 2.05) is 4.90 Å². The topological polar surface area (TPSA) is 32.3 Å². The van der Waals surface area contributed by atoms with Crippen molar-refractivity contribution in [2.45, 2.75) is 27.2 Å². The Labute approximate surface area is 120 Å². The fourth-order valence-electron chi connectivity index (χ4n) is 2.78. The van der Waals surface area contributed by atoms with Gasteiger partial charge >= 0.3 is 0 Å². The number of carbonyl (C=O) groups is 1. The van der Waals surface area contributed by atoms with Crippen molar-refractivity contribution in [1.82, 2.24) is 4.90 Å². The third kappa shape index (κ3) is 2.79. The smallest absolute Gasteiger partial charge is 0.256 e. The fraction of sp³-hybridized carbons (Fsp3) is 0.562. The van der Waals surface area contributed by atoms with Crippen molar-refractivity contribution in [2.24, 2.45) is 11.3 Å². The second kappa shape index (κ2) is 5.43. The summed E-state index contributed by atoms with van der Waals surface area (Å²) in [5.74, 6) is 0.0311. The van der Waals surface area contributed by atoms with Crippen LogP contribution in [-0.4, -0.2) is 30.9 Å². The summed E-state index contributed by atoms with van der Waals surface area (Å²) in [6.45, 7) is 8.11. The fourth-order valence-corrected chi connectivity index (χ4v) is 2.78. The average Bonchev–Trinajstić information content (AvgIpc) is 2.87. The first-order valence-corrected chi connectivity index (χ1v) is 7.10. The van der Waals surface area contributed by atoms with Crippen LogP contribution in [-0.2, 0) is 0 Å². The van der Waals surface area contributed by atoms with E-state index in [1.165, 1.54) is 6.07 Å². The van der Waals surface area contributed by atoms with Gasteiger partial charge in [0.2, 0.25) is 0 Å². The second-order valence-corrected chi connectivity index (χ2v) is 6.52. The highest BCUT2D eigenvalue weighted by Gasteiger charge is 2.34. The molecule has 0 radical (unpaired) electrons. The van der Waals surface area contributed by atoms with E-state index in [0.29, 0.717) is 11.5 Å². The molecule has 1 N–H and O–H groups in total. The van der Waals surface area contributed by atoms with Crippen LogP contribution in [0.1, 0.15) is 37.6 Å². The van der Waals surface area contributed by atoms with Crippen molar-refractivity contribution in [3.8, 4) is 0 Å². The molecule has 0 spiro atoms. The minimum Gasteiger partial charge on any atom is -0.385 e. The van der Waals surface area contributed by atoms with Crippen LogP contribution in [0, 0.1) is 17.2 Å². The summed E-state index contributed by atoms with van der Waals surface area (Å²) in [4.78, 5) is 14.4. The molecule has 1 heterocycles. The predicted octanol–water partition coefficient (Wildman–Crippen LogP) is 3.38. The van der Waals surface area contributed by atoms with Crippen molar-refractivity contribution in [1.29, 1.82) is 0 Å². The molecule has 0 saturated carbocycles. The number of carbonyl (C=O) groups excluding carboxylic acids is 1. The summed E-state index contributed by atoms with van der Waals surface area (Å²) in [6, 6.07) is 4.63. The third-order valence-corrected chi connectivity index (χ3v) is 4.19. The van der Waals surface area contributed by atoms with Crippen LogP contribution in [0.5, 0.6) is 0 Å². The lowest BCUT2D eigenvalue weighted by Gasteiger charge is -2.27. The molecule has 20 heavy (non-hydrogen) atoms. The van der Waals surface area contributed by atoms with E-state index < -0.39 is 0 Å². The summed E-state index contributed by atoms with van der Waals surface area (Å²) >= 11 is 0. The highest BCUT2D eigenvalue weighted by Crippen LogP contribution is 2.34. The molecule has 1 aromatic rings. The number of amides is 1. The Morgan fingerprint density at radius 3 is 2.65 bits per heavy atom. The highest BCUT2D eigenvalue weighted by atomic mass is 19.1. The van der Waals surface area contributed by atoms with Crippen molar-refractivity contribution >= 4 is 11.6 Å². The monoisotopic (exact) mass is 278 g/mol. The second-order valence-electron chi connectivity index (χ2n) is 6.52. The van der Waals surface area contributed by atoms with Gasteiger partial charge in [-0.3, -0.25) is 4.79 Å². The number of benzene rings is 1. The zero-order valence-electron chi connectivity index (χ0n) is 12.7. The molecule has 1 aliphatic rings. The Morgan fingerprint density at radius 2 is 2.10 bits per heavy atom. The van der Waals surface area contributed by atoms with Crippen molar-refractivity contribution in [3.63, 3.8) is 0 Å². The molecular weight excluding hydrogens is 255 g/mol. The van der Waals surface area contributed by atoms with Crippen LogP contribution in [0.4, 0.5) is 10.1 Å². The van der Waals surface area contributed by atoms with Gasteiger partial charge in [0.1, 0.15) is 5.82 Å². The number of anilines is 1. The van der Waals surface area contributed by atoms with E-state index in [2.05, 4.69) is 26.1 Å². The van der Waals surface area contributed by atoms with Gasteiger partial charge in [-0.05, 0) is 29.9 Å². The average molecular weight is 278 g/mol. The molecule has 1 unspecified atom stereocenters. The van der Waals surface area contributed by atoms with Crippen LogP contribution in [0.2, 0.25) is 0 Å². The van der Waals surface area contributed by atoms with E-state index in [1.54, 1.807) is 19.2 Å². The molecule has 1 fully saturated rings. The minimum absolute atomic E-state index is 0.0828. The largest absolute Gasteiger partial charge is 0.385 e. The maximum atomic E-state index is 13.7. The first-order chi connectivity index (χ1) is 9.34. The Balaban J connectivity index is 2.20. The van der Waals surface area contributed by atoms with Crippen molar-refractivity contribution in [3.05, 3.63) is 29.6 Å². The SMILES string of the molecule is CNc1c(F)cccc1C(=O)N1CCC(C(C)(C)C)C1. The number of para-hydroxylation sites is 1. The van der Waals surface area contributed by atoms with Crippen LogP contribution < -0.4 is 5.32 Å². The maximum Gasteiger partial charge on any atom is 0.256 e. The molecule has 0 aromatic heterocycles. The van der Waals surface area contributed by atoms with E-state index in [0.717, 1.165) is 19.5 Å². The number of hydrogen-bond acceptors (Lipinski definition) is 2. The quantitative estimate of drug-likeness (QED) is 0.899. The molecule has 0 aliphatic carbocycles. The van der Waals surface area contributed by atoms with Crippen LogP contribution >= 0.6 is 0 Å². The third-order valence-electron chi connectivity index (χ3n) is 4.19. The molecule has 3 nitrogen and oxygen atoms in total. The Hall–Kier alpha value is -1.58. The molecule has 1 aliphatic heterocycles. The number of rotatable bonds is 2. The lowest BCUT2D eigenvalue weighted by Crippen LogP contribution is -2.31. The lowest BCUT2D eigenvalue weighted by molar-refractivity contribution is 0.0777. The van der Waals surface area contributed by atoms with Crippen molar-refractivity contribution in [2.75, 3.05) is 25.5 Å². The number of likely N-dealkylation sites (tertiary alicyclic amines) is 1. The molecule has 110 valence electrons. The zero-order valence-corrected chi connectivity index (χ0v) is 12.7. The Morgan fingerprint density at radius 1 is 1.40 bits per heavy atom. The number of halogens is 1. The number of nitrogens with one attached hydrogen (secondary N) is 1. The zero-order chi connectivity index (χ0) is 14.9. The van der Waals surface area contributed by atoms with E-state index in [9.17, 15) is 9.18 Å². The standard InChI is InChI=1S/C16H23FN2O/c1-16(2,3)11-8-9-19(10-11)15(20)12-6-5-7-13(17)14(12)18-4/h5-7,11,18H,8-10H2,1-4H3. The highest BCUT2D eigenvalue weighted by molar-refractivity contribution is 5.99. The van der Waals surface area contributed by atoms with Gasteiger partial charge in [0.25, 0.3) is 5.91 Å². The molecule has 4 heteroatoms. The van der Waals surface area contributed by atoms with Gasteiger partial charge in [0.05, 0.1) is 11.3 Å². The van der Waals surface area contributed by atoms with Gasteiger partial charge in [-0.15, -0.1) is 0 Å². The molecule has 2 rings (SSSR count). The summed E-state index contributed by atoms with van der Waals surface area (Å²) < 4.78 is 13.7. The van der Waals surface area contributed by atoms with Crippen LogP contribution in [0.25, 0.3) is 0 Å². The van der Waals surface area contributed by atoms with Gasteiger partial charge in [0, 0.05) is 20.1 Å². The maximum absolute atomic E-state index is 13.7. The normalized spacial score (nSPS) is 19.2. The van der Waals surface area contributed by atoms with Gasteiger partial charge < -0.3 is 10.2 Å². The molecule has 0 bridgehead atoms. The summed E-state index contributed by atoms with van der Waals surface area (Å²) in [6.07, 6.45) is 1.01. The number of nitrogens with zero attached hydrogens (tertiary/aromatic N) is 1. The minimum atomic E-state index is -0.384. The molecule has 1 saturated heterocycles. The van der Waals surface area contributed by atoms with Crippen molar-refractivity contribution < 1.29 is 9.18 Å². The van der Waals surface area contributed by atoms with Crippen LogP contribution in [0.15, 0.2) is 18.2 Å². The summed E-state index contributed by atoms with van der Waals surface area (Å²) in [5, 5.41) is 2.79. The molecule has 1 amide bonds. The Bertz CT molecular complexity index is 508. The van der Waals surface area contributed by atoms with Gasteiger partial charge in [-0.25, -0.2) is 4.39 Å². The van der Waals surface area contributed by atoms with E-state index >= 15 is 0 Å².